The SMILES string of the molecule is CC(=O)Nc1ccccc1Oc1cccc(F)c1N. The second-order valence-electron chi connectivity index (χ2n) is 3.93. The average molecular weight is 260 g/mol. The van der Waals surface area contributed by atoms with E-state index in [0.717, 1.165) is 0 Å². The van der Waals surface area contributed by atoms with E-state index < -0.39 is 5.82 Å². The van der Waals surface area contributed by atoms with Gasteiger partial charge in [-0.15, -0.1) is 0 Å². The van der Waals surface area contributed by atoms with Gasteiger partial charge in [-0.1, -0.05) is 18.2 Å². The van der Waals surface area contributed by atoms with Crippen molar-refractivity contribution in [1.82, 2.24) is 0 Å². The van der Waals surface area contributed by atoms with Crippen LogP contribution in [-0.2, 0) is 4.79 Å². The Hall–Kier alpha value is -2.56. The van der Waals surface area contributed by atoms with E-state index in [-0.39, 0.29) is 17.3 Å². The van der Waals surface area contributed by atoms with Crippen molar-refractivity contribution in [3.05, 3.63) is 48.3 Å². The summed E-state index contributed by atoms with van der Waals surface area (Å²) in [6.45, 7) is 1.40. The zero-order valence-corrected chi connectivity index (χ0v) is 10.3. The Balaban J connectivity index is 2.33. The minimum Gasteiger partial charge on any atom is -0.453 e. The Labute approximate surface area is 110 Å². The van der Waals surface area contributed by atoms with E-state index in [4.69, 9.17) is 10.5 Å². The maximum atomic E-state index is 13.3. The van der Waals surface area contributed by atoms with Gasteiger partial charge in [0.15, 0.2) is 11.5 Å². The number of para-hydroxylation sites is 3. The van der Waals surface area contributed by atoms with E-state index in [2.05, 4.69) is 5.32 Å². The smallest absolute Gasteiger partial charge is 0.221 e. The highest BCUT2D eigenvalue weighted by Gasteiger charge is 2.10. The first-order valence-electron chi connectivity index (χ1n) is 5.66. The lowest BCUT2D eigenvalue weighted by Crippen LogP contribution is -2.07. The quantitative estimate of drug-likeness (QED) is 0.833. The van der Waals surface area contributed by atoms with E-state index in [0.29, 0.717) is 11.4 Å². The summed E-state index contributed by atoms with van der Waals surface area (Å²) in [5.74, 6) is -0.162. The molecule has 0 unspecified atom stereocenters. The third-order valence-corrected chi connectivity index (χ3v) is 2.43. The lowest BCUT2D eigenvalue weighted by molar-refractivity contribution is -0.114. The van der Waals surface area contributed by atoms with E-state index in [1.54, 1.807) is 30.3 Å². The van der Waals surface area contributed by atoms with Gasteiger partial charge in [-0.3, -0.25) is 4.79 Å². The maximum Gasteiger partial charge on any atom is 0.221 e. The van der Waals surface area contributed by atoms with Crippen LogP contribution in [0.1, 0.15) is 6.92 Å². The molecule has 0 aromatic heterocycles. The molecule has 1 amide bonds. The Morgan fingerprint density at radius 1 is 1.16 bits per heavy atom. The monoisotopic (exact) mass is 260 g/mol. The molecule has 0 aliphatic carbocycles. The minimum atomic E-state index is -0.547. The number of halogens is 1. The van der Waals surface area contributed by atoms with Crippen LogP contribution < -0.4 is 15.8 Å². The summed E-state index contributed by atoms with van der Waals surface area (Å²) in [6.07, 6.45) is 0. The number of nitrogens with one attached hydrogen (secondary N) is 1. The molecule has 0 aliphatic rings. The molecule has 0 saturated heterocycles. The largest absolute Gasteiger partial charge is 0.453 e. The molecule has 0 spiro atoms. The lowest BCUT2D eigenvalue weighted by atomic mass is 10.2. The number of anilines is 2. The van der Waals surface area contributed by atoms with Crippen molar-refractivity contribution >= 4 is 17.3 Å². The molecule has 0 radical (unpaired) electrons. The Morgan fingerprint density at radius 3 is 2.58 bits per heavy atom. The predicted octanol–water partition coefficient (Wildman–Crippen LogP) is 3.16. The van der Waals surface area contributed by atoms with E-state index >= 15 is 0 Å². The fraction of sp³-hybridized carbons (Fsp3) is 0.0714. The van der Waals surface area contributed by atoms with Crippen molar-refractivity contribution in [3.63, 3.8) is 0 Å². The van der Waals surface area contributed by atoms with Crippen LogP contribution in [0.3, 0.4) is 0 Å². The predicted molar refractivity (Wildman–Crippen MR) is 71.6 cm³/mol. The molecule has 3 N–H and O–H groups in total. The van der Waals surface area contributed by atoms with Gasteiger partial charge in [0.1, 0.15) is 11.5 Å². The molecule has 2 aromatic carbocycles. The highest BCUT2D eigenvalue weighted by molar-refractivity contribution is 5.90. The van der Waals surface area contributed by atoms with Crippen molar-refractivity contribution in [3.8, 4) is 11.5 Å². The summed E-state index contributed by atoms with van der Waals surface area (Å²) in [6, 6.07) is 11.2. The summed E-state index contributed by atoms with van der Waals surface area (Å²) in [5, 5.41) is 2.63. The second kappa shape index (κ2) is 5.39. The molecule has 4 nitrogen and oxygen atoms in total. The number of ether oxygens (including phenoxy) is 1. The standard InChI is InChI=1S/C14H13FN2O2/c1-9(18)17-11-6-2-3-7-12(11)19-13-8-4-5-10(15)14(13)16/h2-8H,16H2,1H3,(H,17,18). The zero-order valence-electron chi connectivity index (χ0n) is 10.3. The topological polar surface area (TPSA) is 64.3 Å². The van der Waals surface area contributed by atoms with Gasteiger partial charge in [0.2, 0.25) is 5.91 Å². The first-order valence-corrected chi connectivity index (χ1v) is 5.66. The van der Waals surface area contributed by atoms with Gasteiger partial charge >= 0.3 is 0 Å². The van der Waals surface area contributed by atoms with Crippen LogP contribution in [0.25, 0.3) is 0 Å². The van der Waals surface area contributed by atoms with Crippen LogP contribution in [0.4, 0.5) is 15.8 Å². The third kappa shape index (κ3) is 3.01. The summed E-state index contributed by atoms with van der Waals surface area (Å²) < 4.78 is 18.9. The number of nitrogen functional groups attached to an aromatic ring is 1. The van der Waals surface area contributed by atoms with Crippen LogP contribution in [0, 0.1) is 5.82 Å². The molecular formula is C14H13FN2O2. The van der Waals surface area contributed by atoms with Gasteiger partial charge in [-0.05, 0) is 24.3 Å². The molecule has 0 saturated carbocycles. The molecule has 0 bridgehead atoms. The van der Waals surface area contributed by atoms with Crippen LogP contribution in [0.15, 0.2) is 42.5 Å². The van der Waals surface area contributed by atoms with Crippen LogP contribution in [0.2, 0.25) is 0 Å². The zero-order chi connectivity index (χ0) is 13.8. The number of carbonyl (C=O) groups is 1. The molecular weight excluding hydrogens is 247 g/mol. The van der Waals surface area contributed by atoms with Crippen molar-refractivity contribution in [2.75, 3.05) is 11.1 Å². The number of hydrogen-bond acceptors (Lipinski definition) is 3. The van der Waals surface area contributed by atoms with Crippen LogP contribution in [-0.4, -0.2) is 5.91 Å². The van der Waals surface area contributed by atoms with E-state index in [1.165, 1.54) is 19.1 Å². The Bertz CT molecular complexity index is 614. The molecule has 0 heterocycles. The highest BCUT2D eigenvalue weighted by atomic mass is 19.1. The first-order chi connectivity index (χ1) is 9.08. The number of amides is 1. The van der Waals surface area contributed by atoms with Gasteiger partial charge in [0.05, 0.1) is 5.69 Å². The highest BCUT2D eigenvalue weighted by Crippen LogP contribution is 2.33. The van der Waals surface area contributed by atoms with Gasteiger partial charge < -0.3 is 15.8 Å². The van der Waals surface area contributed by atoms with Gasteiger partial charge in [0.25, 0.3) is 0 Å². The average Bonchev–Trinajstić information content (AvgIpc) is 2.36. The lowest BCUT2D eigenvalue weighted by Gasteiger charge is -2.12. The molecule has 19 heavy (non-hydrogen) atoms. The van der Waals surface area contributed by atoms with Crippen molar-refractivity contribution < 1.29 is 13.9 Å². The van der Waals surface area contributed by atoms with Crippen LogP contribution in [0.5, 0.6) is 11.5 Å². The molecule has 0 fully saturated rings. The Morgan fingerprint density at radius 2 is 1.84 bits per heavy atom. The van der Waals surface area contributed by atoms with Crippen molar-refractivity contribution in [2.24, 2.45) is 0 Å². The molecule has 2 rings (SSSR count). The fourth-order valence-corrected chi connectivity index (χ4v) is 1.57. The number of benzene rings is 2. The molecule has 0 aliphatic heterocycles. The number of nitrogens with two attached hydrogens (primary N) is 1. The number of rotatable bonds is 3. The number of hydrogen-bond donors (Lipinski definition) is 2. The van der Waals surface area contributed by atoms with Gasteiger partial charge in [-0.25, -0.2) is 4.39 Å². The molecule has 5 heteroatoms. The first kappa shape index (κ1) is 12.9. The summed E-state index contributed by atoms with van der Waals surface area (Å²) in [7, 11) is 0. The van der Waals surface area contributed by atoms with Crippen molar-refractivity contribution in [1.29, 1.82) is 0 Å². The van der Waals surface area contributed by atoms with Gasteiger partial charge in [-0.2, -0.15) is 0 Å². The minimum absolute atomic E-state index is 0.0693. The molecule has 98 valence electrons. The van der Waals surface area contributed by atoms with E-state index in [1.807, 2.05) is 0 Å². The maximum absolute atomic E-state index is 13.3. The summed E-state index contributed by atoms with van der Waals surface area (Å²) in [4.78, 5) is 11.1. The molecule has 0 atom stereocenters. The van der Waals surface area contributed by atoms with E-state index in [9.17, 15) is 9.18 Å². The summed E-state index contributed by atoms with van der Waals surface area (Å²) >= 11 is 0. The summed E-state index contributed by atoms with van der Waals surface area (Å²) in [5.41, 5.74) is 6.02. The number of carbonyl (C=O) groups excluding carboxylic acids is 1. The fourth-order valence-electron chi connectivity index (χ4n) is 1.57. The van der Waals surface area contributed by atoms with Crippen molar-refractivity contribution in [2.45, 2.75) is 6.92 Å². The molecule has 2 aromatic rings. The second-order valence-corrected chi connectivity index (χ2v) is 3.93. The third-order valence-electron chi connectivity index (χ3n) is 2.43. The normalized spacial score (nSPS) is 10.0. The van der Waals surface area contributed by atoms with Crippen LogP contribution >= 0.6 is 0 Å². The Kier molecular flexibility index (Phi) is 3.66. The van der Waals surface area contributed by atoms with Gasteiger partial charge in [0, 0.05) is 6.92 Å².